The molecule has 0 unspecified atom stereocenters. The molecule has 0 aliphatic rings. The number of halogens is 5. The molecule has 3 rings (SSSR count). The van der Waals surface area contributed by atoms with Crippen LogP contribution in [0.25, 0.3) is 17.1 Å². The van der Waals surface area contributed by atoms with Crippen molar-refractivity contribution in [2.75, 3.05) is 6.26 Å². The Hall–Kier alpha value is -2.17. The molecular weight excluding hydrogens is 428 g/mol. The predicted molar refractivity (Wildman–Crippen MR) is 92.7 cm³/mol. The van der Waals surface area contributed by atoms with Gasteiger partial charge >= 0.3 is 6.18 Å². The van der Waals surface area contributed by atoms with E-state index in [1.165, 1.54) is 24.3 Å². The third-order valence-corrected chi connectivity index (χ3v) is 5.12. The van der Waals surface area contributed by atoms with Crippen molar-refractivity contribution in [2.45, 2.75) is 11.2 Å². The van der Waals surface area contributed by atoms with Gasteiger partial charge in [0.2, 0.25) is 0 Å². The third-order valence-electron chi connectivity index (χ3n) is 3.38. The molecule has 0 bridgehead atoms. The summed E-state index contributed by atoms with van der Waals surface area (Å²) in [5, 5.41) is 3.61. The number of aromatic nitrogens is 4. The minimum Gasteiger partial charge on any atom is -0.242 e. The molecule has 2 aromatic heterocycles. The number of hydrogen-bond acceptors (Lipinski definition) is 5. The van der Waals surface area contributed by atoms with Crippen LogP contribution in [0.3, 0.4) is 0 Å². The molecular formula is C15H9Cl2F3N4O2S. The molecule has 0 aliphatic heterocycles. The number of rotatable bonds is 3. The molecule has 0 aliphatic carbocycles. The van der Waals surface area contributed by atoms with Crippen molar-refractivity contribution in [2.24, 2.45) is 0 Å². The van der Waals surface area contributed by atoms with Crippen LogP contribution in [-0.2, 0) is 16.0 Å². The number of sulfone groups is 1. The number of hydrogen-bond donors (Lipinski definition) is 0. The molecule has 27 heavy (non-hydrogen) atoms. The molecule has 3 aromatic rings. The zero-order valence-electron chi connectivity index (χ0n) is 13.4. The minimum atomic E-state index is -4.78. The van der Waals surface area contributed by atoms with Crippen LogP contribution in [0.2, 0.25) is 10.0 Å². The summed E-state index contributed by atoms with van der Waals surface area (Å²) in [6.07, 6.45) is -2.73. The Morgan fingerprint density at radius 3 is 2.30 bits per heavy atom. The van der Waals surface area contributed by atoms with Crippen LogP contribution < -0.4 is 0 Å². The normalized spacial score (nSPS) is 12.4. The van der Waals surface area contributed by atoms with Gasteiger partial charge in [0, 0.05) is 11.8 Å². The molecule has 0 saturated carbocycles. The van der Waals surface area contributed by atoms with Crippen molar-refractivity contribution in [3.8, 4) is 17.1 Å². The zero-order chi connectivity index (χ0) is 20.0. The van der Waals surface area contributed by atoms with Gasteiger partial charge in [-0.3, -0.25) is 0 Å². The fourth-order valence-electron chi connectivity index (χ4n) is 2.15. The van der Waals surface area contributed by atoms with E-state index in [-0.39, 0.29) is 32.1 Å². The Morgan fingerprint density at radius 2 is 1.78 bits per heavy atom. The highest BCUT2D eigenvalue weighted by atomic mass is 35.5. The molecule has 2 heterocycles. The van der Waals surface area contributed by atoms with Crippen molar-refractivity contribution in [3.63, 3.8) is 0 Å². The Kier molecular flexibility index (Phi) is 4.91. The quantitative estimate of drug-likeness (QED) is 0.618. The van der Waals surface area contributed by atoms with Gasteiger partial charge in [0.1, 0.15) is 0 Å². The van der Waals surface area contributed by atoms with E-state index in [4.69, 9.17) is 23.2 Å². The molecule has 0 saturated heterocycles. The highest BCUT2D eigenvalue weighted by Gasteiger charge is 2.37. The first-order valence-electron chi connectivity index (χ1n) is 7.13. The van der Waals surface area contributed by atoms with Crippen molar-refractivity contribution in [1.29, 1.82) is 0 Å². The molecule has 6 nitrogen and oxygen atoms in total. The van der Waals surface area contributed by atoms with E-state index >= 15 is 0 Å². The highest BCUT2D eigenvalue weighted by molar-refractivity contribution is 7.90. The van der Waals surface area contributed by atoms with Gasteiger partial charge in [-0.2, -0.15) is 13.2 Å². The van der Waals surface area contributed by atoms with Gasteiger partial charge in [-0.15, -0.1) is 5.10 Å². The molecule has 0 atom stereocenters. The zero-order valence-corrected chi connectivity index (χ0v) is 15.7. The summed E-state index contributed by atoms with van der Waals surface area (Å²) >= 11 is 11.8. The number of alkyl halides is 3. The van der Waals surface area contributed by atoms with Crippen LogP contribution in [0.4, 0.5) is 13.2 Å². The lowest BCUT2D eigenvalue weighted by molar-refractivity contribution is -0.144. The van der Waals surface area contributed by atoms with E-state index in [2.05, 4.69) is 15.1 Å². The largest absolute Gasteiger partial charge is 0.453 e. The summed E-state index contributed by atoms with van der Waals surface area (Å²) in [5.74, 6) is -1.52. The number of nitrogens with zero attached hydrogens (tertiary/aromatic N) is 4. The summed E-state index contributed by atoms with van der Waals surface area (Å²) in [6, 6.07) is 6.64. The Bertz CT molecular complexity index is 1110. The van der Waals surface area contributed by atoms with Gasteiger partial charge in [0.15, 0.2) is 20.7 Å². The molecule has 0 amide bonds. The molecule has 12 heteroatoms. The fourth-order valence-corrected chi connectivity index (χ4v) is 3.01. The van der Waals surface area contributed by atoms with Crippen LogP contribution in [0.1, 0.15) is 5.82 Å². The maximum absolute atomic E-state index is 13.1. The average molecular weight is 437 g/mol. The van der Waals surface area contributed by atoms with Crippen LogP contribution in [-0.4, -0.2) is 34.4 Å². The number of benzene rings is 1. The topological polar surface area (TPSA) is 77.7 Å². The highest BCUT2D eigenvalue weighted by Crippen LogP contribution is 2.32. The summed E-state index contributed by atoms with van der Waals surface area (Å²) in [5.41, 5.74) is 0.325. The molecule has 0 fully saturated rings. The number of pyridine rings is 1. The Morgan fingerprint density at radius 1 is 1.07 bits per heavy atom. The van der Waals surface area contributed by atoms with Gasteiger partial charge in [0.05, 0.1) is 21.9 Å². The van der Waals surface area contributed by atoms with Crippen LogP contribution in [0.5, 0.6) is 0 Å². The van der Waals surface area contributed by atoms with E-state index in [0.29, 0.717) is 0 Å². The standard InChI is InChI=1S/C15H9Cl2F3N4O2S/c1-27(25,26)12-5-3-9(7-21-12)24-13(22-14(23-24)15(18,19)20)8-2-4-10(16)11(17)6-8/h2-7H,1H3. The summed E-state index contributed by atoms with van der Waals surface area (Å²) < 4.78 is 63.2. The first-order chi connectivity index (χ1) is 12.5. The van der Waals surface area contributed by atoms with Crippen molar-refractivity contribution >= 4 is 33.0 Å². The molecule has 0 N–H and O–H groups in total. The maximum atomic E-state index is 13.1. The van der Waals surface area contributed by atoms with E-state index in [1.54, 1.807) is 0 Å². The second-order valence-corrected chi connectivity index (χ2v) is 8.20. The minimum absolute atomic E-state index is 0.0893. The Balaban J connectivity index is 2.19. The van der Waals surface area contributed by atoms with E-state index in [0.717, 1.165) is 23.2 Å². The van der Waals surface area contributed by atoms with Gasteiger partial charge in [-0.25, -0.2) is 23.1 Å². The van der Waals surface area contributed by atoms with E-state index in [9.17, 15) is 21.6 Å². The van der Waals surface area contributed by atoms with Crippen LogP contribution >= 0.6 is 23.2 Å². The van der Waals surface area contributed by atoms with Gasteiger partial charge in [-0.1, -0.05) is 23.2 Å². The molecule has 0 spiro atoms. The monoisotopic (exact) mass is 436 g/mol. The maximum Gasteiger partial charge on any atom is 0.453 e. The third kappa shape index (κ3) is 4.07. The summed E-state index contributed by atoms with van der Waals surface area (Å²) in [7, 11) is -3.56. The van der Waals surface area contributed by atoms with E-state index < -0.39 is 21.8 Å². The first kappa shape index (κ1) is 19.6. The Labute approximate surface area is 161 Å². The van der Waals surface area contributed by atoms with Crippen molar-refractivity contribution in [3.05, 3.63) is 52.4 Å². The summed E-state index contributed by atoms with van der Waals surface area (Å²) in [6.45, 7) is 0. The van der Waals surface area contributed by atoms with Crippen LogP contribution in [0.15, 0.2) is 41.6 Å². The van der Waals surface area contributed by atoms with Gasteiger partial charge < -0.3 is 0 Å². The van der Waals surface area contributed by atoms with Gasteiger partial charge in [0.25, 0.3) is 5.82 Å². The SMILES string of the molecule is CS(=O)(=O)c1ccc(-n2nc(C(F)(F)F)nc2-c2ccc(Cl)c(Cl)c2)cn1. The predicted octanol–water partition coefficient (Wildman–Crippen LogP) is 4.06. The lowest BCUT2D eigenvalue weighted by Crippen LogP contribution is -2.09. The second kappa shape index (κ2) is 6.77. The molecule has 142 valence electrons. The molecule has 1 aromatic carbocycles. The fraction of sp³-hybridized carbons (Fsp3) is 0.133. The van der Waals surface area contributed by atoms with Crippen LogP contribution in [0, 0.1) is 0 Å². The lowest BCUT2D eigenvalue weighted by atomic mass is 10.2. The van der Waals surface area contributed by atoms with E-state index in [1.807, 2.05) is 0 Å². The lowest BCUT2D eigenvalue weighted by Gasteiger charge is -2.07. The summed E-state index contributed by atoms with van der Waals surface area (Å²) in [4.78, 5) is 7.31. The van der Waals surface area contributed by atoms with Crippen molar-refractivity contribution < 1.29 is 21.6 Å². The van der Waals surface area contributed by atoms with Gasteiger partial charge in [-0.05, 0) is 30.3 Å². The molecule has 0 radical (unpaired) electrons. The first-order valence-corrected chi connectivity index (χ1v) is 9.78. The average Bonchev–Trinajstić information content (AvgIpc) is 3.02. The smallest absolute Gasteiger partial charge is 0.242 e. The van der Waals surface area contributed by atoms with Crippen molar-refractivity contribution in [1.82, 2.24) is 19.7 Å². The second-order valence-electron chi connectivity index (χ2n) is 5.42.